The molecule has 0 spiro atoms. The molecular formula is C38H66O4. The lowest BCUT2D eigenvalue weighted by Crippen LogP contribution is -2.16. The summed E-state index contributed by atoms with van der Waals surface area (Å²) in [6.45, 7) is 4.42. The average molecular weight is 587 g/mol. The van der Waals surface area contributed by atoms with Gasteiger partial charge < -0.3 is 9.84 Å². The summed E-state index contributed by atoms with van der Waals surface area (Å²) in [6, 6.07) is 0. The van der Waals surface area contributed by atoms with Crippen LogP contribution < -0.4 is 0 Å². The molecule has 0 bridgehead atoms. The first-order valence-electron chi connectivity index (χ1n) is 17.6. The van der Waals surface area contributed by atoms with Crippen molar-refractivity contribution in [2.45, 2.75) is 180 Å². The molecule has 0 rings (SSSR count). The van der Waals surface area contributed by atoms with Gasteiger partial charge in [-0.25, -0.2) is 0 Å². The van der Waals surface area contributed by atoms with Crippen LogP contribution in [0.2, 0.25) is 0 Å². The smallest absolute Gasteiger partial charge is 0.306 e. The van der Waals surface area contributed by atoms with Crippen molar-refractivity contribution in [3.63, 3.8) is 0 Å². The molecule has 0 radical (unpaired) electrons. The fourth-order valence-corrected chi connectivity index (χ4v) is 4.98. The minimum Gasteiger partial charge on any atom is -0.481 e. The topological polar surface area (TPSA) is 63.6 Å². The largest absolute Gasteiger partial charge is 0.481 e. The number of carbonyl (C=O) groups excluding carboxylic acids is 1. The number of allylic oxidation sites excluding steroid dienone is 7. The predicted octanol–water partition coefficient (Wildman–Crippen LogP) is 12.0. The maximum absolute atomic E-state index is 12.6. The van der Waals surface area contributed by atoms with Crippen molar-refractivity contribution < 1.29 is 19.4 Å². The van der Waals surface area contributed by atoms with E-state index in [0.717, 1.165) is 77.0 Å². The summed E-state index contributed by atoms with van der Waals surface area (Å²) in [5.74, 6) is -0.795. The highest BCUT2D eigenvalue weighted by molar-refractivity contribution is 5.69. The monoisotopic (exact) mass is 586 g/mol. The van der Waals surface area contributed by atoms with E-state index < -0.39 is 5.97 Å². The number of hydrogen-bond acceptors (Lipinski definition) is 3. The van der Waals surface area contributed by atoms with E-state index >= 15 is 0 Å². The molecule has 1 N–H and O–H groups in total. The standard InChI is InChI=1S/C38H66O4/c1-3-5-7-9-11-13-15-16-18-20-22-27-31-35-38(41)42-36(33-29-25-23-26-30-34-37(39)40)32-28-24-21-19-17-14-12-10-8-6-4-2/h6,8,12,14,19,21,28,32,36H,3-5,7,9-11,13,15-18,20,22-27,29-31,33-35H2,1-2H3,(H,39,40)/b8-6-,14-12-,21-19-,32-28-. The molecule has 4 nitrogen and oxygen atoms in total. The molecule has 1 unspecified atom stereocenters. The van der Waals surface area contributed by atoms with Crippen LogP contribution in [0, 0.1) is 0 Å². The number of rotatable bonds is 31. The summed E-state index contributed by atoms with van der Waals surface area (Å²) in [4.78, 5) is 23.2. The minimum atomic E-state index is -0.718. The molecule has 0 fully saturated rings. The molecule has 4 heteroatoms. The van der Waals surface area contributed by atoms with Crippen molar-refractivity contribution in [3.05, 3.63) is 48.6 Å². The molecule has 0 aromatic rings. The molecule has 0 saturated carbocycles. The van der Waals surface area contributed by atoms with Gasteiger partial charge in [-0.1, -0.05) is 153 Å². The van der Waals surface area contributed by atoms with Gasteiger partial charge in [0, 0.05) is 12.8 Å². The summed E-state index contributed by atoms with van der Waals surface area (Å²) < 4.78 is 5.86. The van der Waals surface area contributed by atoms with E-state index in [-0.39, 0.29) is 18.5 Å². The third kappa shape index (κ3) is 32.4. The van der Waals surface area contributed by atoms with Crippen LogP contribution in [0.1, 0.15) is 174 Å². The van der Waals surface area contributed by atoms with Crippen LogP contribution in [-0.4, -0.2) is 23.1 Å². The number of carboxylic acids is 1. The van der Waals surface area contributed by atoms with E-state index in [0.29, 0.717) is 6.42 Å². The van der Waals surface area contributed by atoms with E-state index in [1.54, 1.807) is 0 Å². The van der Waals surface area contributed by atoms with Crippen LogP contribution in [0.15, 0.2) is 48.6 Å². The van der Waals surface area contributed by atoms with Crippen molar-refractivity contribution in [3.8, 4) is 0 Å². The highest BCUT2D eigenvalue weighted by Crippen LogP contribution is 2.15. The summed E-state index contributed by atoms with van der Waals surface area (Å²) in [7, 11) is 0. The quantitative estimate of drug-likeness (QED) is 0.0498. The normalized spacial score (nSPS) is 12.8. The first-order chi connectivity index (χ1) is 20.6. The van der Waals surface area contributed by atoms with E-state index in [9.17, 15) is 9.59 Å². The second-order valence-corrected chi connectivity index (χ2v) is 11.7. The maximum atomic E-state index is 12.6. The van der Waals surface area contributed by atoms with Gasteiger partial charge in [-0.2, -0.15) is 0 Å². The van der Waals surface area contributed by atoms with Crippen LogP contribution in [0.4, 0.5) is 0 Å². The van der Waals surface area contributed by atoms with Gasteiger partial charge in [-0.3, -0.25) is 9.59 Å². The van der Waals surface area contributed by atoms with E-state index in [2.05, 4.69) is 62.5 Å². The summed E-state index contributed by atoms with van der Waals surface area (Å²) in [6.07, 6.45) is 44.2. The lowest BCUT2D eigenvalue weighted by Gasteiger charge is -2.14. The SMILES string of the molecule is CC/C=C\C/C=C\C/C=C\C/C=C\C(CCCCCCCC(=O)O)OC(=O)CCCCCCCCCCCCCCC. The first kappa shape index (κ1) is 39.9. The molecule has 1 atom stereocenters. The van der Waals surface area contributed by atoms with Gasteiger partial charge in [-0.15, -0.1) is 0 Å². The number of aliphatic carboxylic acids is 1. The Morgan fingerprint density at radius 2 is 0.976 bits per heavy atom. The van der Waals surface area contributed by atoms with Crippen LogP contribution in [0.25, 0.3) is 0 Å². The Labute approximate surface area is 260 Å². The number of esters is 1. The molecule has 0 saturated heterocycles. The molecule has 0 aliphatic rings. The Morgan fingerprint density at radius 3 is 1.48 bits per heavy atom. The molecule has 0 aliphatic heterocycles. The van der Waals surface area contributed by atoms with Crippen molar-refractivity contribution in [1.82, 2.24) is 0 Å². The first-order valence-corrected chi connectivity index (χ1v) is 17.6. The third-order valence-electron chi connectivity index (χ3n) is 7.55. The summed E-state index contributed by atoms with van der Waals surface area (Å²) in [5.41, 5.74) is 0. The lowest BCUT2D eigenvalue weighted by atomic mass is 10.0. The lowest BCUT2D eigenvalue weighted by molar-refractivity contribution is -0.147. The van der Waals surface area contributed by atoms with Crippen LogP contribution in [0.5, 0.6) is 0 Å². The zero-order valence-corrected chi connectivity index (χ0v) is 27.5. The number of carboxylic acid groups (broad SMARTS) is 1. The predicted molar refractivity (Wildman–Crippen MR) is 181 cm³/mol. The minimum absolute atomic E-state index is 0.0769. The van der Waals surface area contributed by atoms with Gasteiger partial charge in [-0.05, 0) is 57.4 Å². The Hall–Kier alpha value is -2.10. The molecule has 0 aliphatic carbocycles. The fraction of sp³-hybridized carbons (Fsp3) is 0.737. The fourth-order valence-electron chi connectivity index (χ4n) is 4.98. The zero-order valence-electron chi connectivity index (χ0n) is 27.5. The molecular weight excluding hydrogens is 520 g/mol. The Kier molecular flexibility index (Phi) is 31.7. The molecule has 0 amide bonds. The molecule has 242 valence electrons. The van der Waals surface area contributed by atoms with E-state index in [1.165, 1.54) is 70.6 Å². The highest BCUT2D eigenvalue weighted by Gasteiger charge is 2.11. The molecule has 0 heterocycles. The van der Waals surface area contributed by atoms with Gasteiger partial charge >= 0.3 is 11.9 Å². The number of ether oxygens (including phenoxy) is 1. The highest BCUT2D eigenvalue weighted by atomic mass is 16.5. The number of hydrogen-bond donors (Lipinski definition) is 1. The number of unbranched alkanes of at least 4 members (excludes halogenated alkanes) is 16. The second-order valence-electron chi connectivity index (χ2n) is 11.7. The Bertz CT molecular complexity index is 719. The average Bonchev–Trinajstić information content (AvgIpc) is 2.97. The van der Waals surface area contributed by atoms with Crippen LogP contribution in [-0.2, 0) is 14.3 Å². The van der Waals surface area contributed by atoms with Crippen molar-refractivity contribution in [1.29, 1.82) is 0 Å². The number of carbonyl (C=O) groups is 2. The van der Waals surface area contributed by atoms with E-state index in [1.807, 2.05) is 0 Å². The maximum Gasteiger partial charge on any atom is 0.306 e. The van der Waals surface area contributed by atoms with Crippen LogP contribution >= 0.6 is 0 Å². The molecule has 42 heavy (non-hydrogen) atoms. The van der Waals surface area contributed by atoms with Gasteiger partial charge in [0.1, 0.15) is 6.10 Å². The van der Waals surface area contributed by atoms with Gasteiger partial charge in [0.2, 0.25) is 0 Å². The van der Waals surface area contributed by atoms with E-state index in [4.69, 9.17) is 9.84 Å². The van der Waals surface area contributed by atoms with Crippen molar-refractivity contribution in [2.24, 2.45) is 0 Å². The third-order valence-corrected chi connectivity index (χ3v) is 7.55. The van der Waals surface area contributed by atoms with Gasteiger partial charge in [0.25, 0.3) is 0 Å². The molecule has 0 aromatic carbocycles. The summed E-state index contributed by atoms with van der Waals surface area (Å²) in [5, 5.41) is 8.78. The second kappa shape index (κ2) is 33.4. The summed E-state index contributed by atoms with van der Waals surface area (Å²) >= 11 is 0. The molecule has 0 aromatic heterocycles. The Morgan fingerprint density at radius 1 is 0.548 bits per heavy atom. The van der Waals surface area contributed by atoms with Crippen molar-refractivity contribution >= 4 is 11.9 Å². The van der Waals surface area contributed by atoms with Crippen molar-refractivity contribution in [2.75, 3.05) is 0 Å². The Balaban J connectivity index is 4.21. The van der Waals surface area contributed by atoms with Gasteiger partial charge in [0.15, 0.2) is 0 Å². The zero-order chi connectivity index (χ0) is 30.8. The van der Waals surface area contributed by atoms with Gasteiger partial charge in [0.05, 0.1) is 0 Å². The van der Waals surface area contributed by atoms with Crippen LogP contribution in [0.3, 0.4) is 0 Å².